The van der Waals surface area contributed by atoms with Crippen LogP contribution in [0.15, 0.2) is 12.1 Å². The van der Waals surface area contributed by atoms with E-state index < -0.39 is 0 Å². The summed E-state index contributed by atoms with van der Waals surface area (Å²) in [5.74, 6) is 0.675. The highest BCUT2D eigenvalue weighted by molar-refractivity contribution is 6.31. The van der Waals surface area contributed by atoms with Gasteiger partial charge in [-0.2, -0.15) is 0 Å². The molecule has 1 saturated heterocycles. The topological polar surface area (TPSA) is 50.4 Å². The average molecular weight is 255 g/mol. The molecular formula is C12H15ClN2O2. The van der Waals surface area contributed by atoms with E-state index in [0.29, 0.717) is 16.5 Å². The van der Waals surface area contributed by atoms with Gasteiger partial charge in [-0.1, -0.05) is 11.6 Å². The van der Waals surface area contributed by atoms with E-state index in [1.165, 1.54) is 0 Å². The fraction of sp³-hybridized carbons (Fsp3) is 0.417. The predicted molar refractivity (Wildman–Crippen MR) is 67.7 cm³/mol. The molecule has 17 heavy (non-hydrogen) atoms. The van der Waals surface area contributed by atoms with E-state index in [9.17, 15) is 4.79 Å². The second-order valence-electron chi connectivity index (χ2n) is 4.15. The monoisotopic (exact) mass is 254 g/mol. The molecule has 1 aliphatic rings. The first-order chi connectivity index (χ1) is 8.11. The molecule has 0 unspecified atom stereocenters. The molecule has 0 radical (unpaired) electrons. The number of rotatable bonds is 3. The summed E-state index contributed by atoms with van der Waals surface area (Å²) in [6.07, 6.45) is 0. The lowest BCUT2D eigenvalue weighted by Crippen LogP contribution is -2.48. The van der Waals surface area contributed by atoms with Crippen LogP contribution in [0.3, 0.4) is 0 Å². The zero-order valence-corrected chi connectivity index (χ0v) is 10.6. The van der Waals surface area contributed by atoms with E-state index >= 15 is 0 Å². The smallest absolute Gasteiger partial charge is 0.230 e. The summed E-state index contributed by atoms with van der Waals surface area (Å²) in [5.41, 5.74) is 1.55. The van der Waals surface area contributed by atoms with Crippen molar-refractivity contribution in [3.05, 3.63) is 22.7 Å². The Morgan fingerprint density at radius 1 is 1.53 bits per heavy atom. The summed E-state index contributed by atoms with van der Waals surface area (Å²) < 4.78 is 5.22. The van der Waals surface area contributed by atoms with Crippen molar-refractivity contribution in [3.63, 3.8) is 0 Å². The lowest BCUT2D eigenvalue weighted by atomic mass is 10.0. The minimum atomic E-state index is 0.00182. The van der Waals surface area contributed by atoms with Gasteiger partial charge in [-0.3, -0.25) is 4.79 Å². The quantitative estimate of drug-likeness (QED) is 0.865. The van der Waals surface area contributed by atoms with Gasteiger partial charge in [0, 0.05) is 18.1 Å². The van der Waals surface area contributed by atoms with E-state index in [4.69, 9.17) is 16.3 Å². The van der Waals surface area contributed by atoms with Crippen LogP contribution < -0.4 is 15.4 Å². The summed E-state index contributed by atoms with van der Waals surface area (Å²) in [6, 6.07) is 3.54. The maximum absolute atomic E-state index is 11.8. The molecule has 2 N–H and O–H groups in total. The molecule has 0 spiro atoms. The minimum absolute atomic E-state index is 0.00182. The standard InChI is InChI=1S/C12H15ClN2O2/c1-7-3-11(17-2)10(4-9(7)13)15-12(16)8-5-14-6-8/h3-4,8,14H,5-6H2,1-2H3,(H,15,16). The molecule has 1 heterocycles. The molecule has 0 saturated carbocycles. The van der Waals surface area contributed by atoms with Crippen molar-refractivity contribution in [2.75, 3.05) is 25.5 Å². The normalized spacial score (nSPS) is 15.2. The number of carbonyl (C=O) groups is 1. The van der Waals surface area contributed by atoms with Gasteiger partial charge in [0.15, 0.2) is 0 Å². The lowest BCUT2D eigenvalue weighted by Gasteiger charge is -2.26. The number of carbonyl (C=O) groups excluding carboxylic acids is 1. The van der Waals surface area contributed by atoms with Crippen molar-refractivity contribution in [3.8, 4) is 5.75 Å². The number of hydrogen-bond acceptors (Lipinski definition) is 3. The van der Waals surface area contributed by atoms with E-state index in [-0.39, 0.29) is 11.8 Å². The molecule has 5 heteroatoms. The van der Waals surface area contributed by atoms with Crippen LogP contribution in [0.4, 0.5) is 5.69 Å². The molecule has 1 aromatic rings. The number of amides is 1. The number of anilines is 1. The maximum Gasteiger partial charge on any atom is 0.230 e. The number of nitrogens with one attached hydrogen (secondary N) is 2. The van der Waals surface area contributed by atoms with E-state index in [1.807, 2.05) is 13.0 Å². The van der Waals surface area contributed by atoms with Crippen molar-refractivity contribution < 1.29 is 9.53 Å². The third kappa shape index (κ3) is 2.53. The van der Waals surface area contributed by atoms with Crippen LogP contribution in [0.5, 0.6) is 5.75 Å². The van der Waals surface area contributed by atoms with Crippen molar-refractivity contribution in [2.24, 2.45) is 5.92 Å². The van der Waals surface area contributed by atoms with Gasteiger partial charge in [0.25, 0.3) is 0 Å². The second-order valence-corrected chi connectivity index (χ2v) is 4.55. The van der Waals surface area contributed by atoms with Gasteiger partial charge in [0.1, 0.15) is 5.75 Å². The Morgan fingerprint density at radius 3 is 2.76 bits per heavy atom. The van der Waals surface area contributed by atoms with E-state index in [1.54, 1.807) is 13.2 Å². The summed E-state index contributed by atoms with van der Waals surface area (Å²) >= 11 is 6.03. The minimum Gasteiger partial charge on any atom is -0.495 e. The highest BCUT2D eigenvalue weighted by Crippen LogP contribution is 2.31. The van der Waals surface area contributed by atoms with Gasteiger partial charge in [-0.15, -0.1) is 0 Å². The third-order valence-electron chi connectivity index (χ3n) is 2.89. The Balaban J connectivity index is 2.18. The molecular weight excluding hydrogens is 240 g/mol. The zero-order valence-electron chi connectivity index (χ0n) is 9.84. The first-order valence-electron chi connectivity index (χ1n) is 5.47. The zero-order chi connectivity index (χ0) is 12.4. The fourth-order valence-electron chi connectivity index (χ4n) is 1.63. The van der Waals surface area contributed by atoms with E-state index in [0.717, 1.165) is 18.7 Å². The molecule has 92 valence electrons. The number of halogens is 1. The average Bonchev–Trinajstić information content (AvgIpc) is 2.20. The van der Waals surface area contributed by atoms with Crippen molar-refractivity contribution >= 4 is 23.2 Å². The van der Waals surface area contributed by atoms with Crippen LogP contribution in [0, 0.1) is 12.8 Å². The fourth-order valence-corrected chi connectivity index (χ4v) is 1.79. The summed E-state index contributed by atoms with van der Waals surface area (Å²) in [7, 11) is 1.57. The van der Waals surface area contributed by atoms with Gasteiger partial charge < -0.3 is 15.4 Å². The van der Waals surface area contributed by atoms with Gasteiger partial charge in [0.05, 0.1) is 18.7 Å². The van der Waals surface area contributed by atoms with Crippen LogP contribution in [0.1, 0.15) is 5.56 Å². The van der Waals surface area contributed by atoms with Crippen LogP contribution >= 0.6 is 11.6 Å². The lowest BCUT2D eigenvalue weighted by molar-refractivity contribution is -0.121. The molecule has 0 aliphatic carbocycles. The number of methoxy groups -OCH3 is 1. The molecule has 0 bridgehead atoms. The third-order valence-corrected chi connectivity index (χ3v) is 3.30. The molecule has 1 aliphatic heterocycles. The van der Waals surface area contributed by atoms with Crippen LogP contribution in [0.2, 0.25) is 5.02 Å². The first kappa shape index (κ1) is 12.2. The van der Waals surface area contributed by atoms with Gasteiger partial charge in [-0.05, 0) is 24.6 Å². The molecule has 1 fully saturated rings. The Kier molecular flexibility index (Phi) is 3.54. The Bertz CT molecular complexity index is 444. The largest absolute Gasteiger partial charge is 0.495 e. The Hall–Kier alpha value is -1.26. The SMILES string of the molecule is COc1cc(C)c(Cl)cc1NC(=O)C1CNC1. The number of hydrogen-bond donors (Lipinski definition) is 2. The van der Waals surface area contributed by atoms with Gasteiger partial charge in [0.2, 0.25) is 5.91 Å². The number of benzene rings is 1. The molecule has 4 nitrogen and oxygen atoms in total. The van der Waals surface area contributed by atoms with Crippen LogP contribution in [0.25, 0.3) is 0 Å². The van der Waals surface area contributed by atoms with Crippen molar-refractivity contribution in [1.29, 1.82) is 0 Å². The molecule has 1 aromatic carbocycles. The number of aryl methyl sites for hydroxylation is 1. The Morgan fingerprint density at radius 2 is 2.24 bits per heavy atom. The molecule has 2 rings (SSSR count). The molecule has 0 aromatic heterocycles. The number of ether oxygens (including phenoxy) is 1. The van der Waals surface area contributed by atoms with Crippen LogP contribution in [-0.4, -0.2) is 26.1 Å². The summed E-state index contributed by atoms with van der Waals surface area (Å²) in [6.45, 7) is 3.35. The van der Waals surface area contributed by atoms with Crippen molar-refractivity contribution in [2.45, 2.75) is 6.92 Å². The highest BCUT2D eigenvalue weighted by Gasteiger charge is 2.25. The van der Waals surface area contributed by atoms with Gasteiger partial charge >= 0.3 is 0 Å². The highest BCUT2D eigenvalue weighted by atomic mass is 35.5. The first-order valence-corrected chi connectivity index (χ1v) is 5.85. The van der Waals surface area contributed by atoms with E-state index in [2.05, 4.69) is 10.6 Å². The molecule has 0 atom stereocenters. The van der Waals surface area contributed by atoms with Crippen molar-refractivity contribution in [1.82, 2.24) is 5.32 Å². The summed E-state index contributed by atoms with van der Waals surface area (Å²) in [4.78, 5) is 11.8. The van der Waals surface area contributed by atoms with Gasteiger partial charge in [-0.25, -0.2) is 0 Å². The molecule has 1 amide bonds. The predicted octanol–water partition coefficient (Wildman–Crippen LogP) is 1.81. The Labute approximate surface area is 105 Å². The maximum atomic E-state index is 11.8. The second kappa shape index (κ2) is 4.94. The summed E-state index contributed by atoms with van der Waals surface area (Å²) in [5, 5.41) is 6.52. The van der Waals surface area contributed by atoms with Crippen LogP contribution in [-0.2, 0) is 4.79 Å².